The third kappa shape index (κ3) is 2.10. The molecule has 0 aliphatic heterocycles. The first-order valence-electron chi connectivity index (χ1n) is 3.29. The summed E-state index contributed by atoms with van der Waals surface area (Å²) >= 11 is 5.62. The van der Waals surface area contributed by atoms with E-state index in [1.165, 1.54) is 6.92 Å². The Bertz CT molecular complexity index is 314. The van der Waals surface area contributed by atoms with Crippen molar-refractivity contribution in [1.82, 2.24) is 4.98 Å². The van der Waals surface area contributed by atoms with E-state index in [9.17, 15) is 4.79 Å². The number of carbonyl (C=O) groups is 1. The van der Waals surface area contributed by atoms with Gasteiger partial charge in [0.05, 0.1) is 5.02 Å². The maximum atomic E-state index is 10.6. The van der Waals surface area contributed by atoms with Crippen LogP contribution in [0.2, 0.25) is 5.02 Å². The molecule has 4 nitrogen and oxygen atoms in total. The smallest absolute Gasteiger partial charge is 0.222 e. The third-order valence-electron chi connectivity index (χ3n) is 1.18. The molecule has 0 aromatic carbocycles. The van der Waals surface area contributed by atoms with E-state index in [4.69, 9.17) is 17.3 Å². The van der Waals surface area contributed by atoms with Gasteiger partial charge >= 0.3 is 0 Å². The fourth-order valence-corrected chi connectivity index (χ4v) is 0.813. The van der Waals surface area contributed by atoms with Crippen LogP contribution in [0.1, 0.15) is 6.92 Å². The van der Waals surface area contributed by atoms with Crippen LogP contribution < -0.4 is 11.1 Å². The minimum absolute atomic E-state index is 0.191. The van der Waals surface area contributed by atoms with E-state index in [2.05, 4.69) is 10.3 Å². The molecule has 0 saturated carbocycles. The number of anilines is 2. The number of halogens is 1. The van der Waals surface area contributed by atoms with E-state index < -0.39 is 0 Å². The summed E-state index contributed by atoms with van der Waals surface area (Å²) in [5.41, 5.74) is 5.40. The zero-order chi connectivity index (χ0) is 9.14. The largest absolute Gasteiger partial charge is 0.382 e. The highest BCUT2D eigenvalue weighted by Crippen LogP contribution is 2.17. The number of pyridine rings is 1. The Balaban J connectivity index is 2.89. The molecule has 12 heavy (non-hydrogen) atoms. The van der Waals surface area contributed by atoms with Gasteiger partial charge in [-0.3, -0.25) is 4.79 Å². The Morgan fingerprint density at radius 3 is 2.83 bits per heavy atom. The number of carbonyl (C=O) groups excluding carboxylic acids is 1. The van der Waals surface area contributed by atoms with Crippen LogP contribution >= 0.6 is 11.6 Å². The molecule has 0 bridgehead atoms. The molecule has 0 saturated heterocycles. The second kappa shape index (κ2) is 3.40. The molecule has 1 heterocycles. The van der Waals surface area contributed by atoms with Crippen LogP contribution in [-0.2, 0) is 4.79 Å². The third-order valence-corrected chi connectivity index (χ3v) is 1.50. The summed E-state index contributed by atoms with van der Waals surface area (Å²) in [6, 6.07) is 3.16. The molecule has 1 rings (SSSR count). The van der Waals surface area contributed by atoms with Crippen LogP contribution in [0.25, 0.3) is 0 Å². The van der Waals surface area contributed by atoms with Gasteiger partial charge in [-0.2, -0.15) is 0 Å². The van der Waals surface area contributed by atoms with Crippen LogP contribution in [0.5, 0.6) is 0 Å². The zero-order valence-electron chi connectivity index (χ0n) is 6.47. The molecule has 0 aliphatic carbocycles. The lowest BCUT2D eigenvalue weighted by molar-refractivity contribution is -0.114. The van der Waals surface area contributed by atoms with Gasteiger partial charge in [-0.1, -0.05) is 11.6 Å². The Morgan fingerprint density at radius 1 is 1.67 bits per heavy atom. The fraction of sp³-hybridized carbons (Fsp3) is 0.143. The number of nitrogens with two attached hydrogens (primary N) is 1. The minimum atomic E-state index is -0.191. The average molecular weight is 186 g/mol. The first-order chi connectivity index (χ1) is 5.59. The fourth-order valence-electron chi connectivity index (χ4n) is 0.708. The highest BCUT2D eigenvalue weighted by molar-refractivity contribution is 6.32. The van der Waals surface area contributed by atoms with E-state index in [1.807, 2.05) is 0 Å². The lowest BCUT2D eigenvalue weighted by Crippen LogP contribution is -2.08. The number of nitrogen functional groups attached to an aromatic ring is 1. The van der Waals surface area contributed by atoms with Crippen molar-refractivity contribution < 1.29 is 4.79 Å². The lowest BCUT2D eigenvalue weighted by Gasteiger charge is -2.02. The summed E-state index contributed by atoms with van der Waals surface area (Å²) in [4.78, 5) is 14.4. The predicted molar refractivity (Wildman–Crippen MR) is 48.0 cm³/mol. The van der Waals surface area contributed by atoms with Crippen molar-refractivity contribution in [2.45, 2.75) is 6.92 Å². The van der Waals surface area contributed by atoms with Crippen LogP contribution in [0.3, 0.4) is 0 Å². The van der Waals surface area contributed by atoms with Gasteiger partial charge in [0.2, 0.25) is 5.91 Å². The predicted octanol–water partition coefficient (Wildman–Crippen LogP) is 1.28. The number of aromatic nitrogens is 1. The normalized spacial score (nSPS) is 9.50. The number of hydrogen-bond donors (Lipinski definition) is 2. The first-order valence-corrected chi connectivity index (χ1v) is 3.67. The number of nitrogens with zero attached hydrogens (tertiary/aromatic N) is 1. The topological polar surface area (TPSA) is 68.0 Å². The van der Waals surface area contributed by atoms with Gasteiger partial charge in [0.25, 0.3) is 0 Å². The van der Waals surface area contributed by atoms with Crippen molar-refractivity contribution in [2.24, 2.45) is 0 Å². The van der Waals surface area contributed by atoms with Crippen molar-refractivity contribution in [1.29, 1.82) is 0 Å². The summed E-state index contributed by atoms with van der Waals surface area (Å²) in [6.07, 6.45) is 0. The molecule has 0 radical (unpaired) electrons. The molecular weight excluding hydrogens is 178 g/mol. The van der Waals surface area contributed by atoms with Crippen molar-refractivity contribution in [2.75, 3.05) is 11.1 Å². The Hall–Kier alpha value is -1.29. The zero-order valence-corrected chi connectivity index (χ0v) is 7.22. The second-order valence-corrected chi connectivity index (χ2v) is 2.65. The van der Waals surface area contributed by atoms with Gasteiger partial charge in [-0.25, -0.2) is 4.98 Å². The molecule has 1 aromatic rings. The monoisotopic (exact) mass is 185 g/mol. The summed E-state index contributed by atoms with van der Waals surface area (Å²) in [7, 11) is 0. The maximum absolute atomic E-state index is 10.6. The second-order valence-electron chi connectivity index (χ2n) is 2.24. The summed E-state index contributed by atoms with van der Waals surface area (Å²) in [5.74, 6) is 0.427. The molecule has 0 aliphatic rings. The molecule has 0 atom stereocenters. The summed E-state index contributed by atoms with van der Waals surface area (Å²) in [5, 5.41) is 2.86. The maximum Gasteiger partial charge on any atom is 0.222 e. The highest BCUT2D eigenvalue weighted by Gasteiger charge is 2.00. The van der Waals surface area contributed by atoms with Gasteiger partial charge in [0.1, 0.15) is 11.6 Å². The number of nitrogens with one attached hydrogen (secondary N) is 1. The highest BCUT2D eigenvalue weighted by atomic mass is 35.5. The summed E-state index contributed by atoms with van der Waals surface area (Å²) in [6.45, 7) is 1.40. The minimum Gasteiger partial charge on any atom is -0.382 e. The van der Waals surface area contributed by atoms with E-state index in [-0.39, 0.29) is 11.7 Å². The Labute approximate surface area is 74.7 Å². The molecule has 1 aromatic heterocycles. The van der Waals surface area contributed by atoms with Crippen LogP contribution in [0.15, 0.2) is 12.1 Å². The van der Waals surface area contributed by atoms with E-state index in [1.54, 1.807) is 12.1 Å². The standard InChI is InChI=1S/C7H8ClN3O/c1-4(12)10-6-3-2-5(8)7(9)11-6/h2-3H,1H3,(H3,9,10,11,12). The number of rotatable bonds is 1. The Morgan fingerprint density at radius 2 is 2.33 bits per heavy atom. The molecule has 5 heteroatoms. The SMILES string of the molecule is CC(=O)Nc1ccc(Cl)c(N)n1. The van der Waals surface area contributed by atoms with Crippen LogP contribution in [0.4, 0.5) is 11.6 Å². The van der Waals surface area contributed by atoms with E-state index >= 15 is 0 Å². The van der Waals surface area contributed by atoms with Crippen molar-refractivity contribution >= 4 is 29.1 Å². The Kier molecular flexibility index (Phi) is 2.50. The first kappa shape index (κ1) is 8.80. The van der Waals surface area contributed by atoms with Gasteiger partial charge in [0.15, 0.2) is 0 Å². The van der Waals surface area contributed by atoms with Gasteiger partial charge in [-0.15, -0.1) is 0 Å². The molecule has 0 spiro atoms. The van der Waals surface area contributed by atoms with Gasteiger partial charge < -0.3 is 11.1 Å². The van der Waals surface area contributed by atoms with Gasteiger partial charge in [-0.05, 0) is 12.1 Å². The number of amides is 1. The van der Waals surface area contributed by atoms with Crippen LogP contribution in [0, 0.1) is 0 Å². The lowest BCUT2D eigenvalue weighted by atomic mass is 10.4. The average Bonchev–Trinajstić information content (AvgIpc) is 1.96. The van der Waals surface area contributed by atoms with E-state index in [0.29, 0.717) is 10.8 Å². The molecule has 0 fully saturated rings. The van der Waals surface area contributed by atoms with E-state index in [0.717, 1.165) is 0 Å². The molecule has 0 unspecified atom stereocenters. The van der Waals surface area contributed by atoms with Crippen molar-refractivity contribution in [3.05, 3.63) is 17.2 Å². The number of hydrogen-bond acceptors (Lipinski definition) is 3. The molecule has 64 valence electrons. The molecule has 1 amide bonds. The van der Waals surface area contributed by atoms with Crippen LogP contribution in [-0.4, -0.2) is 10.9 Å². The molecular formula is C7H8ClN3O. The van der Waals surface area contributed by atoms with Crippen molar-refractivity contribution in [3.8, 4) is 0 Å². The molecule has 3 N–H and O–H groups in total. The quantitative estimate of drug-likeness (QED) is 0.693. The van der Waals surface area contributed by atoms with Gasteiger partial charge in [0, 0.05) is 6.92 Å². The summed E-state index contributed by atoms with van der Waals surface area (Å²) < 4.78 is 0. The van der Waals surface area contributed by atoms with Crippen molar-refractivity contribution in [3.63, 3.8) is 0 Å².